The van der Waals surface area contributed by atoms with Gasteiger partial charge in [-0.15, -0.1) is 0 Å². The zero-order valence-electron chi connectivity index (χ0n) is 14.4. The lowest BCUT2D eigenvalue weighted by Gasteiger charge is -2.30. The van der Waals surface area contributed by atoms with Crippen molar-refractivity contribution >= 4 is 21.7 Å². The summed E-state index contributed by atoms with van der Waals surface area (Å²) in [5.41, 5.74) is 5.24. The van der Waals surface area contributed by atoms with Crippen LogP contribution in [0, 0.1) is 5.41 Å². The van der Waals surface area contributed by atoms with Gasteiger partial charge < -0.3 is 4.57 Å². The maximum absolute atomic E-state index is 13.0. The minimum Gasteiger partial charge on any atom is -0.319 e. The van der Waals surface area contributed by atoms with Crippen molar-refractivity contribution in [2.75, 3.05) is 0 Å². The van der Waals surface area contributed by atoms with Crippen LogP contribution in [0.4, 0.5) is 0 Å². The topological polar surface area (TPSA) is 22.0 Å². The molecule has 1 aliphatic carbocycles. The number of fused-ring (bicyclic) bond motifs is 1. The molecule has 126 valence electrons. The normalized spacial score (nSPS) is 15.9. The van der Waals surface area contributed by atoms with E-state index in [1.807, 2.05) is 30.3 Å². The van der Waals surface area contributed by atoms with Gasteiger partial charge in [-0.05, 0) is 41.7 Å². The molecule has 0 N–H and O–H groups in total. The Hall–Kier alpha value is -2.13. The van der Waals surface area contributed by atoms with Crippen molar-refractivity contribution in [1.29, 1.82) is 0 Å². The predicted molar refractivity (Wildman–Crippen MR) is 105 cm³/mol. The van der Waals surface area contributed by atoms with Crippen LogP contribution in [0.15, 0.2) is 65.3 Å². The third-order valence-electron chi connectivity index (χ3n) is 4.86. The van der Waals surface area contributed by atoms with Gasteiger partial charge in [0.1, 0.15) is 0 Å². The summed E-state index contributed by atoms with van der Waals surface area (Å²) in [4.78, 5) is 13.0. The highest BCUT2D eigenvalue weighted by Crippen LogP contribution is 2.41. The number of hydrogen-bond acceptors (Lipinski definition) is 1. The second kappa shape index (κ2) is 5.99. The highest BCUT2D eigenvalue weighted by molar-refractivity contribution is 9.10. The van der Waals surface area contributed by atoms with E-state index in [1.54, 1.807) is 0 Å². The van der Waals surface area contributed by atoms with Crippen molar-refractivity contribution in [1.82, 2.24) is 4.57 Å². The molecule has 0 saturated heterocycles. The number of halogens is 1. The SMILES string of the molecule is CC1(C)CC(=O)c2c(-c3ccc(Br)cc3)cn(-c3ccccc3)c2C1. The number of nitrogens with zero attached hydrogens (tertiary/aromatic N) is 1. The molecular weight excluding hydrogens is 374 g/mol. The van der Waals surface area contributed by atoms with Crippen LogP contribution < -0.4 is 0 Å². The molecule has 0 amide bonds. The number of para-hydroxylation sites is 1. The summed E-state index contributed by atoms with van der Waals surface area (Å²) in [5.74, 6) is 0.249. The molecule has 0 unspecified atom stereocenters. The molecule has 2 aromatic carbocycles. The van der Waals surface area contributed by atoms with Crippen LogP contribution in [-0.4, -0.2) is 10.4 Å². The number of ketones is 1. The lowest BCUT2D eigenvalue weighted by molar-refractivity contribution is 0.0911. The van der Waals surface area contributed by atoms with Gasteiger partial charge in [-0.2, -0.15) is 0 Å². The Labute approximate surface area is 156 Å². The Morgan fingerprint density at radius 3 is 2.32 bits per heavy atom. The third-order valence-corrected chi connectivity index (χ3v) is 5.39. The molecule has 0 bridgehead atoms. The third kappa shape index (κ3) is 2.98. The Balaban J connectivity index is 1.96. The fourth-order valence-electron chi connectivity index (χ4n) is 3.74. The van der Waals surface area contributed by atoms with E-state index in [-0.39, 0.29) is 11.2 Å². The van der Waals surface area contributed by atoms with E-state index < -0.39 is 0 Å². The van der Waals surface area contributed by atoms with Gasteiger partial charge in [0.05, 0.1) is 0 Å². The van der Waals surface area contributed by atoms with Crippen LogP contribution in [0.5, 0.6) is 0 Å². The first kappa shape index (κ1) is 16.3. The van der Waals surface area contributed by atoms with Gasteiger partial charge in [0, 0.05) is 39.6 Å². The fourth-order valence-corrected chi connectivity index (χ4v) is 4.00. The van der Waals surface area contributed by atoms with Gasteiger partial charge in [0.15, 0.2) is 5.78 Å². The van der Waals surface area contributed by atoms with Gasteiger partial charge in [-0.3, -0.25) is 4.79 Å². The van der Waals surface area contributed by atoms with Crippen LogP contribution in [0.25, 0.3) is 16.8 Å². The molecule has 1 aromatic heterocycles. The summed E-state index contributed by atoms with van der Waals surface area (Å²) in [6.07, 6.45) is 3.63. The van der Waals surface area contributed by atoms with Crippen LogP contribution in [0.1, 0.15) is 36.3 Å². The Morgan fingerprint density at radius 1 is 0.960 bits per heavy atom. The molecule has 0 aliphatic heterocycles. The molecule has 4 rings (SSSR count). The van der Waals surface area contributed by atoms with E-state index in [0.29, 0.717) is 6.42 Å². The molecule has 3 heteroatoms. The lowest BCUT2D eigenvalue weighted by atomic mass is 9.75. The summed E-state index contributed by atoms with van der Waals surface area (Å²) >= 11 is 3.49. The van der Waals surface area contributed by atoms with Gasteiger partial charge >= 0.3 is 0 Å². The molecule has 1 heterocycles. The Kier molecular flexibility index (Phi) is 3.92. The number of hydrogen-bond donors (Lipinski definition) is 0. The lowest BCUT2D eigenvalue weighted by Crippen LogP contribution is -2.28. The van der Waals surface area contributed by atoms with Gasteiger partial charge in [0.25, 0.3) is 0 Å². The molecule has 2 nitrogen and oxygen atoms in total. The average molecular weight is 394 g/mol. The largest absolute Gasteiger partial charge is 0.319 e. The highest BCUT2D eigenvalue weighted by atomic mass is 79.9. The summed E-state index contributed by atoms with van der Waals surface area (Å²) in [5, 5.41) is 0. The highest BCUT2D eigenvalue weighted by Gasteiger charge is 2.35. The zero-order valence-corrected chi connectivity index (χ0v) is 16.0. The van der Waals surface area contributed by atoms with Gasteiger partial charge in [-0.1, -0.05) is 60.1 Å². The smallest absolute Gasteiger partial charge is 0.165 e. The summed E-state index contributed by atoms with van der Waals surface area (Å²) < 4.78 is 3.24. The van der Waals surface area contributed by atoms with Crippen LogP contribution >= 0.6 is 15.9 Å². The minimum atomic E-state index is -0.00798. The van der Waals surface area contributed by atoms with Gasteiger partial charge in [-0.25, -0.2) is 0 Å². The van der Waals surface area contributed by atoms with Crippen LogP contribution in [0.2, 0.25) is 0 Å². The molecular formula is C22H20BrNO. The van der Waals surface area contributed by atoms with Crippen molar-refractivity contribution in [3.63, 3.8) is 0 Å². The quantitative estimate of drug-likeness (QED) is 0.518. The molecule has 3 aromatic rings. The van der Waals surface area contributed by atoms with Crippen molar-refractivity contribution < 1.29 is 4.79 Å². The number of Topliss-reactive ketones (excluding diaryl/α,β-unsaturated/α-hetero) is 1. The number of carbonyl (C=O) groups is 1. The van der Waals surface area contributed by atoms with Crippen LogP contribution in [0.3, 0.4) is 0 Å². The second-order valence-electron chi connectivity index (χ2n) is 7.52. The molecule has 25 heavy (non-hydrogen) atoms. The molecule has 0 radical (unpaired) electrons. The van der Waals surface area contributed by atoms with Crippen molar-refractivity contribution in [3.8, 4) is 16.8 Å². The van der Waals surface area contributed by atoms with Crippen LogP contribution in [-0.2, 0) is 6.42 Å². The second-order valence-corrected chi connectivity index (χ2v) is 8.43. The number of benzene rings is 2. The van der Waals surface area contributed by atoms with Crippen molar-refractivity contribution in [2.45, 2.75) is 26.7 Å². The average Bonchev–Trinajstić information content (AvgIpc) is 2.94. The van der Waals surface area contributed by atoms with Crippen molar-refractivity contribution in [2.24, 2.45) is 5.41 Å². The Bertz CT molecular complexity index is 936. The maximum Gasteiger partial charge on any atom is 0.165 e. The minimum absolute atomic E-state index is 0.00798. The fraction of sp³-hybridized carbons (Fsp3) is 0.227. The molecule has 1 aliphatic rings. The van der Waals surface area contributed by atoms with E-state index in [2.05, 4.69) is 64.8 Å². The first-order valence-electron chi connectivity index (χ1n) is 8.53. The standard InChI is InChI=1S/C22H20BrNO/c1-22(2)12-19-21(20(25)13-22)18(15-8-10-16(23)11-9-15)14-24(19)17-6-4-3-5-7-17/h3-11,14H,12-13H2,1-2H3. The summed E-state index contributed by atoms with van der Waals surface area (Å²) in [6, 6.07) is 18.5. The number of carbonyl (C=O) groups excluding carboxylic acids is 1. The summed E-state index contributed by atoms with van der Waals surface area (Å²) in [6.45, 7) is 4.35. The van der Waals surface area contributed by atoms with E-state index in [9.17, 15) is 4.79 Å². The van der Waals surface area contributed by atoms with E-state index >= 15 is 0 Å². The Morgan fingerprint density at radius 2 is 1.64 bits per heavy atom. The molecule has 0 fully saturated rings. The van der Waals surface area contributed by atoms with Gasteiger partial charge in [0.2, 0.25) is 0 Å². The first-order chi connectivity index (χ1) is 11.9. The monoisotopic (exact) mass is 393 g/mol. The molecule has 0 spiro atoms. The number of aromatic nitrogens is 1. The molecule has 0 atom stereocenters. The molecule has 0 saturated carbocycles. The maximum atomic E-state index is 13.0. The van der Waals surface area contributed by atoms with E-state index in [4.69, 9.17) is 0 Å². The predicted octanol–water partition coefficient (Wildman–Crippen LogP) is 6.06. The zero-order chi connectivity index (χ0) is 17.6. The van der Waals surface area contributed by atoms with E-state index in [0.717, 1.165) is 39.0 Å². The summed E-state index contributed by atoms with van der Waals surface area (Å²) in [7, 11) is 0. The first-order valence-corrected chi connectivity index (χ1v) is 9.33. The van der Waals surface area contributed by atoms with E-state index in [1.165, 1.54) is 0 Å². The number of rotatable bonds is 2. The van der Waals surface area contributed by atoms with Crippen molar-refractivity contribution in [3.05, 3.63) is 76.5 Å².